The maximum absolute atomic E-state index is 5.75. The molecule has 0 saturated carbocycles. The maximum Gasteiger partial charge on any atom is 0.318 e. The Balaban J connectivity index is 1.90. The summed E-state index contributed by atoms with van der Waals surface area (Å²) in [6.45, 7) is 7.84. The fraction of sp³-hybridized carbons (Fsp3) is 0.846. The average molecular weight is 268 g/mol. The Morgan fingerprint density at radius 3 is 3.11 bits per heavy atom. The highest BCUT2D eigenvalue weighted by Crippen LogP contribution is 2.24. The van der Waals surface area contributed by atoms with E-state index in [1.54, 1.807) is 7.11 Å². The molecule has 0 bridgehead atoms. The van der Waals surface area contributed by atoms with E-state index in [0.717, 1.165) is 39.1 Å². The van der Waals surface area contributed by atoms with E-state index in [9.17, 15) is 0 Å². The molecule has 2 atom stereocenters. The first-order valence-corrected chi connectivity index (χ1v) is 7.05. The van der Waals surface area contributed by atoms with E-state index in [1.165, 1.54) is 0 Å². The van der Waals surface area contributed by atoms with Crippen LogP contribution >= 0.6 is 0 Å². The van der Waals surface area contributed by atoms with Gasteiger partial charge in [0.1, 0.15) is 0 Å². The first-order valence-electron chi connectivity index (χ1n) is 7.05. The topological polar surface area (TPSA) is 63.4 Å². The summed E-state index contributed by atoms with van der Waals surface area (Å²) >= 11 is 0. The van der Waals surface area contributed by atoms with Crippen molar-refractivity contribution in [2.24, 2.45) is 5.92 Å². The summed E-state index contributed by atoms with van der Waals surface area (Å²) in [6, 6.07) is 0.748. The summed E-state index contributed by atoms with van der Waals surface area (Å²) < 4.78 is 10.9. The quantitative estimate of drug-likeness (QED) is 0.810. The Hall–Kier alpha value is -1.14. The molecule has 0 aliphatic carbocycles. The Labute approximate surface area is 114 Å². The van der Waals surface area contributed by atoms with Gasteiger partial charge in [0, 0.05) is 26.1 Å². The van der Waals surface area contributed by atoms with E-state index in [-0.39, 0.29) is 6.04 Å². The molecule has 0 amide bonds. The molecule has 2 rings (SSSR count). The molecule has 108 valence electrons. The molecule has 6 heteroatoms. The standard InChI is InChI=1S/C13H24N4O2/c1-4-6-14-10(2)12-15-16-13(19-12)17-7-5-11(8-17)9-18-3/h10-11,14H,4-9H2,1-3H3. The summed E-state index contributed by atoms with van der Waals surface area (Å²) in [4.78, 5) is 2.15. The fourth-order valence-corrected chi connectivity index (χ4v) is 2.36. The molecule has 6 nitrogen and oxygen atoms in total. The summed E-state index contributed by atoms with van der Waals surface area (Å²) in [5.41, 5.74) is 0. The van der Waals surface area contributed by atoms with Gasteiger partial charge in [-0.2, -0.15) is 0 Å². The smallest absolute Gasteiger partial charge is 0.318 e. The molecule has 0 aromatic carbocycles. The third-order valence-electron chi connectivity index (χ3n) is 3.46. The lowest BCUT2D eigenvalue weighted by atomic mass is 10.1. The molecule has 2 unspecified atom stereocenters. The third kappa shape index (κ3) is 3.67. The predicted molar refractivity (Wildman–Crippen MR) is 73.2 cm³/mol. The summed E-state index contributed by atoms with van der Waals surface area (Å²) in [5, 5.41) is 11.6. The van der Waals surface area contributed by atoms with Crippen LogP contribution < -0.4 is 10.2 Å². The molecule has 1 N–H and O–H groups in total. The minimum atomic E-state index is 0.110. The summed E-state index contributed by atoms with van der Waals surface area (Å²) in [5.74, 6) is 1.23. The molecule has 1 aromatic heterocycles. The Morgan fingerprint density at radius 1 is 1.53 bits per heavy atom. The molecule has 1 aliphatic heterocycles. The number of methoxy groups -OCH3 is 1. The van der Waals surface area contributed by atoms with Crippen LogP contribution in [0.15, 0.2) is 4.42 Å². The highest BCUT2D eigenvalue weighted by molar-refractivity contribution is 5.26. The van der Waals surface area contributed by atoms with Gasteiger partial charge in [-0.25, -0.2) is 0 Å². The van der Waals surface area contributed by atoms with Crippen molar-refractivity contribution in [3.05, 3.63) is 5.89 Å². The number of hydrogen-bond acceptors (Lipinski definition) is 6. The van der Waals surface area contributed by atoms with Crippen molar-refractivity contribution >= 4 is 6.01 Å². The van der Waals surface area contributed by atoms with E-state index in [2.05, 4.69) is 27.3 Å². The van der Waals surface area contributed by atoms with Gasteiger partial charge < -0.3 is 19.4 Å². The zero-order valence-electron chi connectivity index (χ0n) is 12.1. The van der Waals surface area contributed by atoms with E-state index in [4.69, 9.17) is 9.15 Å². The van der Waals surface area contributed by atoms with Crippen molar-refractivity contribution in [1.82, 2.24) is 15.5 Å². The molecule has 0 radical (unpaired) electrons. The summed E-state index contributed by atoms with van der Waals surface area (Å²) in [7, 11) is 1.74. The molecule has 0 spiro atoms. The van der Waals surface area contributed by atoms with Crippen LogP contribution in [0.1, 0.15) is 38.6 Å². The first-order chi connectivity index (χ1) is 9.24. The lowest BCUT2D eigenvalue weighted by Crippen LogP contribution is -2.21. The molecular formula is C13H24N4O2. The van der Waals surface area contributed by atoms with E-state index in [0.29, 0.717) is 17.8 Å². The number of nitrogens with zero attached hydrogens (tertiary/aromatic N) is 3. The van der Waals surface area contributed by atoms with E-state index >= 15 is 0 Å². The molecule has 1 saturated heterocycles. The highest BCUT2D eigenvalue weighted by atomic mass is 16.5. The number of nitrogens with one attached hydrogen (secondary N) is 1. The van der Waals surface area contributed by atoms with Crippen molar-refractivity contribution in [3.8, 4) is 0 Å². The lowest BCUT2D eigenvalue weighted by molar-refractivity contribution is 0.160. The van der Waals surface area contributed by atoms with Crippen LogP contribution in [0, 0.1) is 5.92 Å². The maximum atomic E-state index is 5.75. The second-order valence-electron chi connectivity index (χ2n) is 5.15. The zero-order valence-corrected chi connectivity index (χ0v) is 12.1. The van der Waals surface area contributed by atoms with Crippen molar-refractivity contribution in [2.75, 3.05) is 38.3 Å². The Bertz CT molecular complexity index is 382. The van der Waals surface area contributed by atoms with Gasteiger partial charge in [-0.1, -0.05) is 12.0 Å². The van der Waals surface area contributed by atoms with Crippen LogP contribution in [0.4, 0.5) is 6.01 Å². The minimum absolute atomic E-state index is 0.110. The molecule has 1 aliphatic rings. The van der Waals surface area contributed by atoms with Crippen LogP contribution in [0.5, 0.6) is 0 Å². The van der Waals surface area contributed by atoms with Gasteiger partial charge >= 0.3 is 6.01 Å². The summed E-state index contributed by atoms with van der Waals surface area (Å²) in [6.07, 6.45) is 2.21. The number of ether oxygens (including phenoxy) is 1. The Morgan fingerprint density at radius 2 is 2.37 bits per heavy atom. The van der Waals surface area contributed by atoms with Crippen molar-refractivity contribution in [1.29, 1.82) is 0 Å². The molecule has 1 aromatic rings. The minimum Gasteiger partial charge on any atom is -0.406 e. The van der Waals surface area contributed by atoms with Gasteiger partial charge in [-0.05, 0) is 26.3 Å². The zero-order chi connectivity index (χ0) is 13.7. The van der Waals surface area contributed by atoms with Crippen LogP contribution in [0.3, 0.4) is 0 Å². The second kappa shape index (κ2) is 6.86. The van der Waals surface area contributed by atoms with E-state index in [1.807, 2.05) is 6.92 Å². The number of rotatable bonds is 7. The van der Waals surface area contributed by atoms with Crippen LogP contribution in [-0.4, -0.2) is 43.5 Å². The SMILES string of the molecule is CCCNC(C)c1nnc(N2CCC(COC)C2)o1. The largest absolute Gasteiger partial charge is 0.406 e. The van der Waals surface area contributed by atoms with Crippen LogP contribution in [-0.2, 0) is 4.74 Å². The normalized spacial score (nSPS) is 21.0. The van der Waals surface area contributed by atoms with Crippen molar-refractivity contribution < 1.29 is 9.15 Å². The Kier molecular flexibility index (Phi) is 5.15. The van der Waals surface area contributed by atoms with Crippen molar-refractivity contribution in [3.63, 3.8) is 0 Å². The predicted octanol–water partition coefficient (Wildman–Crippen LogP) is 1.60. The second-order valence-corrected chi connectivity index (χ2v) is 5.15. The number of aromatic nitrogens is 2. The van der Waals surface area contributed by atoms with Gasteiger partial charge in [0.05, 0.1) is 12.6 Å². The van der Waals surface area contributed by atoms with Gasteiger partial charge in [-0.15, -0.1) is 5.10 Å². The van der Waals surface area contributed by atoms with Crippen LogP contribution in [0.2, 0.25) is 0 Å². The number of anilines is 1. The monoisotopic (exact) mass is 268 g/mol. The lowest BCUT2D eigenvalue weighted by Gasteiger charge is -2.13. The van der Waals surface area contributed by atoms with Gasteiger partial charge in [-0.3, -0.25) is 0 Å². The van der Waals surface area contributed by atoms with Crippen LogP contribution in [0.25, 0.3) is 0 Å². The molecular weight excluding hydrogens is 244 g/mol. The van der Waals surface area contributed by atoms with Gasteiger partial charge in [0.15, 0.2) is 0 Å². The fourth-order valence-electron chi connectivity index (χ4n) is 2.36. The number of hydrogen-bond donors (Lipinski definition) is 1. The molecule has 1 fully saturated rings. The van der Waals surface area contributed by atoms with Crippen molar-refractivity contribution in [2.45, 2.75) is 32.7 Å². The third-order valence-corrected chi connectivity index (χ3v) is 3.46. The highest BCUT2D eigenvalue weighted by Gasteiger charge is 2.26. The first kappa shape index (κ1) is 14.3. The molecule has 19 heavy (non-hydrogen) atoms. The molecule has 2 heterocycles. The van der Waals surface area contributed by atoms with Gasteiger partial charge in [0.2, 0.25) is 5.89 Å². The van der Waals surface area contributed by atoms with E-state index < -0.39 is 0 Å². The average Bonchev–Trinajstić information content (AvgIpc) is 3.04. The van der Waals surface area contributed by atoms with Gasteiger partial charge in [0.25, 0.3) is 0 Å².